The average molecular weight is 313 g/mol. The summed E-state index contributed by atoms with van der Waals surface area (Å²) in [5.74, 6) is 1.09. The number of nitrogens with one attached hydrogen (secondary N) is 1. The predicted octanol–water partition coefficient (Wildman–Crippen LogP) is 1.80. The summed E-state index contributed by atoms with van der Waals surface area (Å²) in [5, 5.41) is 17.9. The molecule has 3 atom stereocenters. The maximum atomic E-state index is 10.3. The van der Waals surface area contributed by atoms with Gasteiger partial charge in [-0.2, -0.15) is 5.10 Å². The zero-order valence-corrected chi connectivity index (χ0v) is 13.2. The van der Waals surface area contributed by atoms with Crippen molar-refractivity contribution < 1.29 is 5.11 Å². The minimum absolute atomic E-state index is 0.0252. The summed E-state index contributed by atoms with van der Waals surface area (Å²) in [6.07, 6.45) is 11.7. The van der Waals surface area contributed by atoms with Crippen LogP contribution in [0.25, 0.3) is 0 Å². The fourth-order valence-electron chi connectivity index (χ4n) is 3.81. The molecule has 1 fully saturated rings. The monoisotopic (exact) mass is 313 g/mol. The number of aliphatic hydroxyl groups is 1. The van der Waals surface area contributed by atoms with E-state index in [4.69, 9.17) is 0 Å². The lowest BCUT2D eigenvalue weighted by Crippen LogP contribution is -2.29. The molecule has 0 radical (unpaired) electrons. The normalized spacial score (nSPS) is 26.9. The van der Waals surface area contributed by atoms with Gasteiger partial charge in [0, 0.05) is 30.8 Å². The van der Waals surface area contributed by atoms with Crippen LogP contribution in [0.4, 0.5) is 5.95 Å². The maximum Gasteiger partial charge on any atom is 0.223 e. The number of nitrogens with zero attached hydrogens (tertiary/aromatic N) is 4. The van der Waals surface area contributed by atoms with Crippen LogP contribution in [0.5, 0.6) is 0 Å². The molecule has 0 spiro atoms. The third-order valence-corrected chi connectivity index (χ3v) is 5.01. The minimum atomic E-state index is -0.352. The van der Waals surface area contributed by atoms with Gasteiger partial charge in [0.25, 0.3) is 0 Å². The Morgan fingerprint density at radius 3 is 3.04 bits per heavy atom. The van der Waals surface area contributed by atoms with Gasteiger partial charge in [0.15, 0.2) is 0 Å². The van der Waals surface area contributed by atoms with E-state index in [9.17, 15) is 5.11 Å². The number of hydrogen-bond acceptors (Lipinski definition) is 5. The van der Waals surface area contributed by atoms with Crippen LogP contribution in [0, 0.1) is 5.92 Å². The second kappa shape index (κ2) is 6.28. The predicted molar refractivity (Wildman–Crippen MR) is 87.0 cm³/mol. The lowest BCUT2D eigenvalue weighted by molar-refractivity contribution is 0.165. The molecule has 2 heterocycles. The first-order chi connectivity index (χ1) is 11.3. The largest absolute Gasteiger partial charge is 0.391 e. The van der Waals surface area contributed by atoms with Crippen molar-refractivity contribution in [2.75, 3.05) is 5.32 Å². The summed E-state index contributed by atoms with van der Waals surface area (Å²) in [6.45, 7) is 0.854. The smallest absolute Gasteiger partial charge is 0.223 e. The topological polar surface area (TPSA) is 75.9 Å². The molecule has 6 nitrogen and oxygen atoms in total. The molecular formula is C17H23N5O. The second-order valence-corrected chi connectivity index (χ2v) is 6.76. The zero-order chi connectivity index (χ0) is 15.6. The van der Waals surface area contributed by atoms with Crippen LogP contribution in [0.3, 0.4) is 0 Å². The molecule has 0 aliphatic heterocycles. The van der Waals surface area contributed by atoms with E-state index >= 15 is 0 Å². The standard InChI is InChI=1S/C17H23N5O/c23-16-9-12(11-22-7-3-6-19-22)8-15(16)21-17-18-10-13-4-1-2-5-14(13)20-17/h3,6-7,10,12,15-16,23H,1-2,4-5,8-9,11H2,(H,18,20,21)/t12?,15-,16-/m1/s1. The number of aryl methyl sites for hydroxylation is 2. The second-order valence-electron chi connectivity index (χ2n) is 6.76. The van der Waals surface area contributed by atoms with Crippen molar-refractivity contribution in [3.63, 3.8) is 0 Å². The molecule has 1 unspecified atom stereocenters. The van der Waals surface area contributed by atoms with Gasteiger partial charge >= 0.3 is 0 Å². The number of rotatable bonds is 4. The van der Waals surface area contributed by atoms with Crippen molar-refractivity contribution in [2.24, 2.45) is 5.92 Å². The van der Waals surface area contributed by atoms with Gasteiger partial charge in [-0.1, -0.05) is 0 Å². The summed E-state index contributed by atoms with van der Waals surface area (Å²) >= 11 is 0. The number of hydrogen-bond donors (Lipinski definition) is 2. The molecule has 2 aliphatic carbocycles. The average Bonchev–Trinajstić information content (AvgIpc) is 3.18. The molecule has 122 valence electrons. The molecule has 0 bridgehead atoms. The molecule has 0 amide bonds. The highest BCUT2D eigenvalue weighted by atomic mass is 16.3. The van der Waals surface area contributed by atoms with E-state index in [1.807, 2.05) is 23.1 Å². The van der Waals surface area contributed by atoms with Crippen LogP contribution < -0.4 is 5.32 Å². The first-order valence-electron chi connectivity index (χ1n) is 8.55. The van der Waals surface area contributed by atoms with Gasteiger partial charge in [0.05, 0.1) is 12.1 Å². The Morgan fingerprint density at radius 2 is 2.17 bits per heavy atom. The molecule has 2 N–H and O–H groups in total. The Balaban J connectivity index is 1.40. The lowest BCUT2D eigenvalue weighted by Gasteiger charge is -2.19. The minimum Gasteiger partial charge on any atom is -0.391 e. The number of aromatic nitrogens is 4. The Labute approximate surface area is 136 Å². The van der Waals surface area contributed by atoms with E-state index in [0.29, 0.717) is 11.9 Å². The van der Waals surface area contributed by atoms with E-state index in [2.05, 4.69) is 20.4 Å². The summed E-state index contributed by atoms with van der Waals surface area (Å²) in [4.78, 5) is 9.10. The molecule has 23 heavy (non-hydrogen) atoms. The summed E-state index contributed by atoms with van der Waals surface area (Å²) < 4.78 is 1.94. The van der Waals surface area contributed by atoms with Crippen molar-refractivity contribution in [3.8, 4) is 0 Å². The van der Waals surface area contributed by atoms with Crippen LogP contribution >= 0.6 is 0 Å². The van der Waals surface area contributed by atoms with Crippen LogP contribution in [-0.4, -0.2) is 37.0 Å². The van der Waals surface area contributed by atoms with Gasteiger partial charge in [0.1, 0.15) is 0 Å². The van der Waals surface area contributed by atoms with Gasteiger partial charge < -0.3 is 10.4 Å². The van der Waals surface area contributed by atoms with Gasteiger partial charge in [-0.3, -0.25) is 4.68 Å². The highest BCUT2D eigenvalue weighted by Gasteiger charge is 2.33. The summed E-state index contributed by atoms with van der Waals surface area (Å²) in [7, 11) is 0. The molecule has 2 aromatic heterocycles. The van der Waals surface area contributed by atoms with E-state index in [-0.39, 0.29) is 12.1 Å². The SMILES string of the molecule is O[C@@H]1CC(Cn2cccn2)C[C@H]1Nc1ncc2c(n1)CCCC2. The highest BCUT2D eigenvalue weighted by molar-refractivity contribution is 5.32. The first kappa shape index (κ1) is 14.6. The first-order valence-corrected chi connectivity index (χ1v) is 8.55. The van der Waals surface area contributed by atoms with Crippen LogP contribution in [0.15, 0.2) is 24.7 Å². The number of fused-ring (bicyclic) bond motifs is 1. The Bertz CT molecular complexity index is 657. The van der Waals surface area contributed by atoms with Crippen molar-refractivity contribution >= 4 is 5.95 Å². The van der Waals surface area contributed by atoms with Crippen LogP contribution in [-0.2, 0) is 19.4 Å². The van der Waals surface area contributed by atoms with Gasteiger partial charge in [-0.25, -0.2) is 9.97 Å². The Hall–Kier alpha value is -1.95. The molecule has 2 aromatic rings. The number of anilines is 1. The third kappa shape index (κ3) is 3.22. The fraction of sp³-hybridized carbons (Fsp3) is 0.588. The fourth-order valence-corrected chi connectivity index (χ4v) is 3.81. The highest BCUT2D eigenvalue weighted by Crippen LogP contribution is 2.29. The van der Waals surface area contributed by atoms with E-state index in [1.165, 1.54) is 24.1 Å². The molecule has 2 aliphatic rings. The molecule has 4 rings (SSSR count). The quantitative estimate of drug-likeness (QED) is 0.900. The summed E-state index contributed by atoms with van der Waals surface area (Å²) in [5.41, 5.74) is 2.46. The molecule has 1 saturated carbocycles. The van der Waals surface area contributed by atoms with Crippen LogP contribution in [0.2, 0.25) is 0 Å². The van der Waals surface area contributed by atoms with E-state index < -0.39 is 0 Å². The van der Waals surface area contributed by atoms with Gasteiger partial charge in [0.2, 0.25) is 5.95 Å². The van der Waals surface area contributed by atoms with E-state index in [0.717, 1.165) is 32.2 Å². The molecule has 6 heteroatoms. The molecule has 0 saturated heterocycles. The van der Waals surface area contributed by atoms with Crippen molar-refractivity contribution in [2.45, 2.75) is 57.2 Å². The zero-order valence-electron chi connectivity index (χ0n) is 13.2. The van der Waals surface area contributed by atoms with Crippen molar-refractivity contribution in [1.82, 2.24) is 19.7 Å². The van der Waals surface area contributed by atoms with Crippen LogP contribution in [0.1, 0.15) is 36.9 Å². The lowest BCUT2D eigenvalue weighted by atomic mass is 9.98. The van der Waals surface area contributed by atoms with Gasteiger partial charge in [-0.15, -0.1) is 0 Å². The summed E-state index contributed by atoms with van der Waals surface area (Å²) in [6, 6.07) is 1.96. The van der Waals surface area contributed by atoms with Crippen molar-refractivity contribution in [3.05, 3.63) is 35.9 Å². The molecule has 0 aromatic carbocycles. The van der Waals surface area contributed by atoms with E-state index in [1.54, 1.807) is 6.20 Å². The van der Waals surface area contributed by atoms with Crippen molar-refractivity contribution in [1.29, 1.82) is 0 Å². The molecular weight excluding hydrogens is 290 g/mol. The maximum absolute atomic E-state index is 10.3. The third-order valence-electron chi connectivity index (χ3n) is 5.01. The van der Waals surface area contributed by atoms with Gasteiger partial charge in [-0.05, 0) is 56.1 Å². The Morgan fingerprint density at radius 1 is 1.26 bits per heavy atom. The number of aliphatic hydroxyl groups excluding tert-OH is 1. The Kier molecular flexibility index (Phi) is 3.99.